The van der Waals surface area contributed by atoms with Crippen molar-refractivity contribution in [3.63, 3.8) is 0 Å². The molecule has 1 heterocycles. The summed E-state index contributed by atoms with van der Waals surface area (Å²) in [5.41, 5.74) is 8.03. The Morgan fingerprint density at radius 3 is 2.71 bits per heavy atom. The second-order valence-electron chi connectivity index (χ2n) is 5.65. The molecule has 7 heteroatoms. The van der Waals surface area contributed by atoms with Gasteiger partial charge >= 0.3 is 0 Å². The highest BCUT2D eigenvalue weighted by molar-refractivity contribution is 9.10. The summed E-state index contributed by atoms with van der Waals surface area (Å²) in [6, 6.07) is 12.2. The lowest BCUT2D eigenvalue weighted by Gasteiger charge is -2.11. The lowest BCUT2D eigenvalue weighted by Crippen LogP contribution is -2.42. The molecule has 0 saturated carbocycles. The molecule has 4 nitrogen and oxygen atoms in total. The molecule has 1 aliphatic heterocycles. The zero-order valence-corrected chi connectivity index (χ0v) is 15.0. The molecule has 0 bridgehead atoms. The Morgan fingerprint density at radius 1 is 1.25 bits per heavy atom. The largest absolute Gasteiger partial charge is 0.351 e. The lowest BCUT2D eigenvalue weighted by molar-refractivity contribution is -0.123. The van der Waals surface area contributed by atoms with Crippen LogP contribution in [0.1, 0.15) is 23.6 Å². The number of hydrogen-bond acceptors (Lipinski definition) is 3. The van der Waals surface area contributed by atoms with E-state index in [-0.39, 0.29) is 23.0 Å². The molecule has 2 aromatic carbocycles. The van der Waals surface area contributed by atoms with E-state index < -0.39 is 5.82 Å². The van der Waals surface area contributed by atoms with Gasteiger partial charge in [0.05, 0.1) is 5.02 Å². The minimum absolute atomic E-state index is 0.0534. The van der Waals surface area contributed by atoms with Crippen LogP contribution in [0.2, 0.25) is 5.02 Å². The number of carbonyl (C=O) groups is 1. The number of hydrogen-bond donors (Lipinski definition) is 3. The standard InChI is InChI=1S/C17H16BrClFN3O/c18-12-4-2-11(3-5-12)15-8-16(23-22-15)17(24)21-9-10-1-6-14(20)13(19)7-10/h1-7,15-16,22-23H,8-9H2,(H,21,24). The normalized spacial score (nSPS) is 20.1. The second-order valence-corrected chi connectivity index (χ2v) is 6.97. The lowest BCUT2D eigenvalue weighted by atomic mass is 10.0. The summed E-state index contributed by atoms with van der Waals surface area (Å²) in [6.45, 7) is 0.306. The van der Waals surface area contributed by atoms with Gasteiger partial charge in [0.1, 0.15) is 11.9 Å². The first-order valence-electron chi connectivity index (χ1n) is 7.51. The highest BCUT2D eigenvalue weighted by atomic mass is 79.9. The molecule has 0 aromatic heterocycles. The van der Waals surface area contributed by atoms with E-state index in [0.29, 0.717) is 13.0 Å². The smallest absolute Gasteiger partial charge is 0.238 e. The zero-order chi connectivity index (χ0) is 17.1. The highest BCUT2D eigenvalue weighted by Crippen LogP contribution is 2.24. The summed E-state index contributed by atoms with van der Waals surface area (Å²) in [5, 5.41) is 2.89. The van der Waals surface area contributed by atoms with Crippen molar-refractivity contribution in [3.8, 4) is 0 Å². The monoisotopic (exact) mass is 411 g/mol. The predicted octanol–water partition coefficient (Wildman–Crippen LogP) is 3.47. The number of rotatable bonds is 4. The van der Waals surface area contributed by atoms with Gasteiger partial charge in [-0.05, 0) is 41.8 Å². The fraction of sp³-hybridized carbons (Fsp3) is 0.235. The second kappa shape index (κ2) is 7.61. The molecule has 3 N–H and O–H groups in total. The van der Waals surface area contributed by atoms with Crippen molar-refractivity contribution >= 4 is 33.4 Å². The molecule has 2 atom stereocenters. The van der Waals surface area contributed by atoms with Crippen LogP contribution in [0.3, 0.4) is 0 Å². The Hall–Kier alpha value is -1.47. The van der Waals surface area contributed by atoms with Gasteiger partial charge in [0.25, 0.3) is 0 Å². The SMILES string of the molecule is O=C(NCc1ccc(F)c(Cl)c1)C1CC(c2ccc(Br)cc2)NN1. The Labute approximate surface area is 152 Å². The molecule has 1 fully saturated rings. The summed E-state index contributed by atoms with van der Waals surface area (Å²) >= 11 is 9.15. The van der Waals surface area contributed by atoms with Crippen molar-refractivity contribution in [1.82, 2.24) is 16.2 Å². The third kappa shape index (κ3) is 4.13. The van der Waals surface area contributed by atoms with Crippen LogP contribution in [0.25, 0.3) is 0 Å². The molecule has 0 radical (unpaired) electrons. The molecular weight excluding hydrogens is 397 g/mol. The van der Waals surface area contributed by atoms with Gasteiger partial charge in [-0.25, -0.2) is 15.2 Å². The maximum Gasteiger partial charge on any atom is 0.238 e. The van der Waals surface area contributed by atoms with Crippen LogP contribution in [0, 0.1) is 5.82 Å². The van der Waals surface area contributed by atoms with Crippen molar-refractivity contribution in [1.29, 1.82) is 0 Å². The number of benzene rings is 2. The molecule has 126 valence electrons. The number of nitrogens with one attached hydrogen (secondary N) is 3. The van der Waals surface area contributed by atoms with E-state index in [0.717, 1.165) is 15.6 Å². The first-order valence-corrected chi connectivity index (χ1v) is 8.68. The van der Waals surface area contributed by atoms with Gasteiger partial charge in [-0.3, -0.25) is 4.79 Å². The predicted molar refractivity (Wildman–Crippen MR) is 94.8 cm³/mol. The highest BCUT2D eigenvalue weighted by Gasteiger charge is 2.29. The van der Waals surface area contributed by atoms with Crippen LogP contribution >= 0.6 is 27.5 Å². The van der Waals surface area contributed by atoms with Gasteiger partial charge in [-0.1, -0.05) is 45.7 Å². The van der Waals surface area contributed by atoms with E-state index in [4.69, 9.17) is 11.6 Å². The summed E-state index contributed by atoms with van der Waals surface area (Å²) in [7, 11) is 0. The van der Waals surface area contributed by atoms with Gasteiger partial charge in [0, 0.05) is 17.1 Å². The van der Waals surface area contributed by atoms with Gasteiger partial charge in [0.15, 0.2) is 0 Å². The minimum atomic E-state index is -0.467. The van der Waals surface area contributed by atoms with Crippen LogP contribution in [0.15, 0.2) is 46.9 Å². The summed E-state index contributed by atoms with van der Waals surface area (Å²) in [5.74, 6) is -0.576. The molecule has 1 aliphatic rings. The Kier molecular flexibility index (Phi) is 5.50. The van der Waals surface area contributed by atoms with Gasteiger partial charge in [0.2, 0.25) is 5.91 Å². The van der Waals surface area contributed by atoms with Gasteiger partial charge in [-0.2, -0.15) is 0 Å². The van der Waals surface area contributed by atoms with Crippen LogP contribution < -0.4 is 16.2 Å². The van der Waals surface area contributed by atoms with E-state index in [1.54, 1.807) is 6.07 Å². The summed E-state index contributed by atoms with van der Waals surface area (Å²) in [6.07, 6.45) is 0.650. The number of carbonyl (C=O) groups excluding carboxylic acids is 1. The van der Waals surface area contributed by atoms with Crippen LogP contribution in [0.5, 0.6) is 0 Å². The number of amides is 1. The van der Waals surface area contributed by atoms with E-state index in [9.17, 15) is 9.18 Å². The molecule has 0 spiro atoms. The molecule has 24 heavy (non-hydrogen) atoms. The first-order chi connectivity index (χ1) is 11.5. The van der Waals surface area contributed by atoms with Crippen molar-refractivity contribution < 1.29 is 9.18 Å². The molecule has 0 aliphatic carbocycles. The third-order valence-corrected chi connectivity index (χ3v) is 4.76. The summed E-state index contributed by atoms with van der Waals surface area (Å²) in [4.78, 5) is 12.3. The topological polar surface area (TPSA) is 53.2 Å². The van der Waals surface area contributed by atoms with Crippen molar-refractivity contribution in [3.05, 3.63) is 68.9 Å². The zero-order valence-electron chi connectivity index (χ0n) is 12.7. The van der Waals surface area contributed by atoms with E-state index in [1.807, 2.05) is 24.3 Å². The Bertz CT molecular complexity index is 741. The molecule has 2 unspecified atom stereocenters. The summed E-state index contributed by atoms with van der Waals surface area (Å²) < 4.78 is 14.1. The molecular formula is C17H16BrClFN3O. The fourth-order valence-electron chi connectivity index (χ4n) is 2.60. The molecule has 1 amide bonds. The Morgan fingerprint density at radius 2 is 2.00 bits per heavy atom. The average molecular weight is 413 g/mol. The fourth-order valence-corrected chi connectivity index (χ4v) is 3.07. The van der Waals surface area contributed by atoms with Crippen molar-refractivity contribution in [2.45, 2.75) is 25.0 Å². The van der Waals surface area contributed by atoms with Crippen LogP contribution in [-0.4, -0.2) is 11.9 Å². The number of hydrazine groups is 1. The van der Waals surface area contributed by atoms with Crippen molar-refractivity contribution in [2.24, 2.45) is 0 Å². The van der Waals surface area contributed by atoms with E-state index >= 15 is 0 Å². The first kappa shape index (κ1) is 17.4. The number of halogens is 3. The molecule has 2 aromatic rings. The van der Waals surface area contributed by atoms with Crippen LogP contribution in [-0.2, 0) is 11.3 Å². The third-order valence-electron chi connectivity index (χ3n) is 3.94. The molecule has 1 saturated heterocycles. The van der Waals surface area contributed by atoms with E-state index in [2.05, 4.69) is 32.1 Å². The quantitative estimate of drug-likeness (QED) is 0.721. The van der Waals surface area contributed by atoms with E-state index in [1.165, 1.54) is 12.1 Å². The minimum Gasteiger partial charge on any atom is -0.351 e. The average Bonchev–Trinajstić information content (AvgIpc) is 3.06. The maximum atomic E-state index is 13.1. The maximum absolute atomic E-state index is 13.1. The molecule has 3 rings (SSSR count). The van der Waals surface area contributed by atoms with Gasteiger partial charge < -0.3 is 5.32 Å². The van der Waals surface area contributed by atoms with Crippen molar-refractivity contribution in [2.75, 3.05) is 0 Å². The Balaban J connectivity index is 1.54. The van der Waals surface area contributed by atoms with Gasteiger partial charge in [-0.15, -0.1) is 0 Å². The van der Waals surface area contributed by atoms with Crippen LogP contribution in [0.4, 0.5) is 4.39 Å².